The van der Waals surface area contributed by atoms with E-state index >= 15 is 4.39 Å². The van der Waals surface area contributed by atoms with Crippen LogP contribution in [0.25, 0.3) is 22.3 Å². The average molecular weight is 607 g/mol. The molecule has 11 heteroatoms. The number of hydrogen-bond donors (Lipinski definition) is 0. The van der Waals surface area contributed by atoms with Gasteiger partial charge in [0.25, 0.3) is 0 Å². The minimum absolute atomic E-state index is 0.0296. The number of pyridine rings is 1. The summed E-state index contributed by atoms with van der Waals surface area (Å²) in [5.41, 5.74) is 0.368. The first-order valence-electron chi connectivity index (χ1n) is 14.2. The van der Waals surface area contributed by atoms with Crippen molar-refractivity contribution in [3.8, 4) is 11.4 Å². The van der Waals surface area contributed by atoms with Gasteiger partial charge in [-0.2, -0.15) is 18.2 Å². The van der Waals surface area contributed by atoms with Gasteiger partial charge in [-0.1, -0.05) is 47.6 Å². The van der Waals surface area contributed by atoms with Gasteiger partial charge in [-0.25, -0.2) is 4.39 Å². The van der Waals surface area contributed by atoms with Crippen molar-refractivity contribution in [3.63, 3.8) is 0 Å². The summed E-state index contributed by atoms with van der Waals surface area (Å²) in [6.45, 7) is 7.47. The highest BCUT2D eigenvalue weighted by molar-refractivity contribution is 5.86. The minimum Gasteiger partial charge on any atom is -0.378 e. The summed E-state index contributed by atoms with van der Waals surface area (Å²) < 4.78 is 68.2. The molecule has 3 heterocycles. The van der Waals surface area contributed by atoms with Gasteiger partial charge in [0.1, 0.15) is 5.82 Å². The monoisotopic (exact) mass is 606 g/mol. The molecule has 1 saturated heterocycles. The van der Waals surface area contributed by atoms with Gasteiger partial charge in [-0.15, -0.1) is 0 Å². The van der Waals surface area contributed by atoms with Crippen LogP contribution in [0.4, 0.5) is 23.2 Å². The number of hydrogen-bond acceptors (Lipinski definition) is 6. The third-order valence-electron chi connectivity index (χ3n) is 8.29. The first-order valence-corrected chi connectivity index (χ1v) is 14.2. The second-order valence-corrected chi connectivity index (χ2v) is 11.4. The number of ether oxygens (including phenoxy) is 1. The zero-order chi connectivity index (χ0) is 31.2. The van der Waals surface area contributed by atoms with Crippen LogP contribution in [-0.4, -0.2) is 41.0 Å². The maximum Gasteiger partial charge on any atom is 0.416 e. The Morgan fingerprint density at radius 3 is 2.27 bits per heavy atom. The van der Waals surface area contributed by atoms with E-state index in [4.69, 9.17) is 9.26 Å². The van der Waals surface area contributed by atoms with E-state index in [2.05, 4.69) is 10.1 Å². The molecule has 0 aliphatic carbocycles. The molecule has 5 aromatic rings. The molecule has 3 aromatic carbocycles. The Kier molecular flexibility index (Phi) is 7.53. The molecular weight excluding hydrogens is 576 g/mol. The van der Waals surface area contributed by atoms with E-state index in [0.717, 1.165) is 17.7 Å². The summed E-state index contributed by atoms with van der Waals surface area (Å²) in [5, 5.41) is 4.22. The van der Waals surface area contributed by atoms with Gasteiger partial charge in [-0.3, -0.25) is 4.79 Å². The van der Waals surface area contributed by atoms with E-state index in [1.54, 1.807) is 23.8 Å². The zero-order valence-corrected chi connectivity index (χ0v) is 24.4. The van der Waals surface area contributed by atoms with Crippen molar-refractivity contribution in [2.24, 2.45) is 0 Å². The Bertz CT molecular complexity index is 1860. The van der Waals surface area contributed by atoms with Crippen molar-refractivity contribution in [1.29, 1.82) is 0 Å². The number of aromatic nitrogens is 3. The van der Waals surface area contributed by atoms with E-state index in [1.165, 1.54) is 18.2 Å². The molecule has 0 spiro atoms. The summed E-state index contributed by atoms with van der Waals surface area (Å²) in [7, 11) is 0. The van der Waals surface area contributed by atoms with Gasteiger partial charge in [-0.05, 0) is 56.2 Å². The highest BCUT2D eigenvalue weighted by Crippen LogP contribution is 2.35. The molecule has 1 fully saturated rings. The van der Waals surface area contributed by atoms with Gasteiger partial charge < -0.3 is 18.7 Å². The molecule has 228 valence electrons. The maximum absolute atomic E-state index is 15.6. The molecule has 6 rings (SSSR count). The van der Waals surface area contributed by atoms with E-state index < -0.39 is 34.4 Å². The molecule has 0 radical (unpaired) electrons. The topological polar surface area (TPSA) is 73.4 Å². The number of morpholine rings is 1. The van der Waals surface area contributed by atoms with Crippen molar-refractivity contribution in [1.82, 2.24) is 14.7 Å². The molecule has 1 aliphatic heterocycles. The largest absolute Gasteiger partial charge is 0.416 e. The highest BCUT2D eigenvalue weighted by Gasteiger charge is 2.32. The fraction of sp³-hybridized carbons (Fsp3) is 0.303. The molecule has 1 atom stereocenters. The number of benzene rings is 3. The quantitative estimate of drug-likeness (QED) is 0.194. The Morgan fingerprint density at radius 2 is 1.61 bits per heavy atom. The van der Waals surface area contributed by atoms with E-state index in [9.17, 15) is 18.0 Å². The molecule has 0 N–H and O–H groups in total. The summed E-state index contributed by atoms with van der Waals surface area (Å²) in [6.07, 6.45) is -2.91. The van der Waals surface area contributed by atoms with Gasteiger partial charge in [0.2, 0.25) is 17.1 Å². The summed E-state index contributed by atoms with van der Waals surface area (Å²) in [6, 6.07) is 16.7. The maximum atomic E-state index is 15.6. The first-order chi connectivity index (χ1) is 20.9. The molecule has 0 amide bonds. The number of nitrogens with zero attached hydrogens (tertiary/aromatic N) is 4. The zero-order valence-electron chi connectivity index (χ0n) is 24.4. The van der Waals surface area contributed by atoms with E-state index in [-0.39, 0.29) is 22.7 Å². The van der Waals surface area contributed by atoms with Crippen LogP contribution in [0.1, 0.15) is 49.4 Å². The van der Waals surface area contributed by atoms with E-state index in [1.807, 2.05) is 49.1 Å². The molecular formula is C33H30F4N4O3. The van der Waals surface area contributed by atoms with Gasteiger partial charge in [0, 0.05) is 24.7 Å². The van der Waals surface area contributed by atoms with Crippen LogP contribution >= 0.6 is 0 Å². The summed E-state index contributed by atoms with van der Waals surface area (Å²) >= 11 is 0. The predicted octanol–water partition coefficient (Wildman–Crippen LogP) is 6.98. The van der Waals surface area contributed by atoms with E-state index in [0.29, 0.717) is 43.1 Å². The van der Waals surface area contributed by atoms with Crippen LogP contribution in [0.2, 0.25) is 0 Å². The molecule has 0 saturated carbocycles. The van der Waals surface area contributed by atoms with Crippen molar-refractivity contribution in [2.45, 2.75) is 38.4 Å². The molecule has 7 nitrogen and oxygen atoms in total. The van der Waals surface area contributed by atoms with Gasteiger partial charge >= 0.3 is 6.18 Å². The molecule has 0 bridgehead atoms. The summed E-state index contributed by atoms with van der Waals surface area (Å²) in [4.78, 5) is 20.3. The lowest BCUT2D eigenvalue weighted by atomic mass is 9.84. The van der Waals surface area contributed by atoms with Gasteiger partial charge in [0.15, 0.2) is 0 Å². The number of halogens is 4. The van der Waals surface area contributed by atoms with Crippen molar-refractivity contribution in [3.05, 3.63) is 112 Å². The normalized spacial score (nSPS) is 15.1. The third-order valence-corrected chi connectivity index (χ3v) is 8.29. The number of anilines is 1. The highest BCUT2D eigenvalue weighted by atomic mass is 19.4. The fourth-order valence-corrected chi connectivity index (χ4v) is 5.56. The second kappa shape index (κ2) is 11.2. The average Bonchev–Trinajstić information content (AvgIpc) is 3.53. The van der Waals surface area contributed by atoms with Crippen LogP contribution in [0.5, 0.6) is 0 Å². The molecule has 2 aromatic heterocycles. The fourth-order valence-electron chi connectivity index (χ4n) is 5.56. The minimum atomic E-state index is -4.48. The molecule has 44 heavy (non-hydrogen) atoms. The number of rotatable bonds is 6. The van der Waals surface area contributed by atoms with Crippen LogP contribution in [0.15, 0.2) is 82.2 Å². The Hall–Kier alpha value is -4.51. The molecule has 1 unspecified atom stereocenters. The Morgan fingerprint density at radius 1 is 0.932 bits per heavy atom. The lowest BCUT2D eigenvalue weighted by Gasteiger charge is -2.30. The number of alkyl halides is 3. The van der Waals surface area contributed by atoms with Crippen LogP contribution < -0.4 is 10.3 Å². The lowest BCUT2D eigenvalue weighted by molar-refractivity contribution is -0.137. The molecule has 1 aliphatic rings. The predicted molar refractivity (Wildman–Crippen MR) is 158 cm³/mol. The summed E-state index contributed by atoms with van der Waals surface area (Å²) in [5.74, 6) is -0.252. The third kappa shape index (κ3) is 5.36. The van der Waals surface area contributed by atoms with Gasteiger partial charge in [0.05, 0.1) is 47.0 Å². The lowest BCUT2D eigenvalue weighted by Crippen LogP contribution is -2.36. The first kappa shape index (κ1) is 29.6. The van der Waals surface area contributed by atoms with Crippen molar-refractivity contribution < 1.29 is 26.8 Å². The van der Waals surface area contributed by atoms with Crippen LogP contribution in [0, 0.1) is 5.82 Å². The van der Waals surface area contributed by atoms with Crippen LogP contribution in [-0.2, 0) is 16.3 Å². The number of fused-ring (bicyclic) bond motifs is 1. The van der Waals surface area contributed by atoms with Crippen LogP contribution in [0.3, 0.4) is 0 Å². The Labute approximate surface area is 250 Å². The van der Waals surface area contributed by atoms with Crippen molar-refractivity contribution in [2.75, 3.05) is 31.2 Å². The Balaban J connectivity index is 1.51. The van der Waals surface area contributed by atoms with Crippen molar-refractivity contribution >= 4 is 16.6 Å². The smallest absolute Gasteiger partial charge is 0.378 e. The standard InChI is InChI=1S/C33H30F4N4O3/c1-20(21-9-11-23(12-10-21)33(35,36)37)41-19-25(30-38-31(44-39-30)32(2,3)22-7-5-4-6-8-22)29(42)24-17-26(34)28(18-27(24)41)40-13-15-43-16-14-40/h4-12,17-20H,13-16H2,1-3H3. The SMILES string of the molecule is CC(c1ccc(C(F)(F)F)cc1)n1cc(-c2noc(C(C)(C)c3ccccc3)n2)c(=O)c2cc(F)c(N3CCOCC3)cc21. The second-order valence-electron chi connectivity index (χ2n) is 11.4.